The van der Waals surface area contributed by atoms with Crippen LogP contribution in [0.1, 0.15) is 23.1 Å². The number of nitrogens with zero attached hydrogens (tertiary/aromatic N) is 2. The molecule has 0 bridgehead atoms. The van der Waals surface area contributed by atoms with Crippen molar-refractivity contribution < 1.29 is 18.0 Å². The summed E-state index contributed by atoms with van der Waals surface area (Å²) >= 11 is 0. The number of hydrogen-bond donors (Lipinski definition) is 1. The molecule has 7 heteroatoms. The molecule has 1 aromatic heterocycles. The molecule has 4 nitrogen and oxygen atoms in total. The number of aryl methyl sites for hydroxylation is 1. The van der Waals surface area contributed by atoms with Crippen LogP contribution in [0.3, 0.4) is 0 Å². The third-order valence-electron chi connectivity index (χ3n) is 4.22. The summed E-state index contributed by atoms with van der Waals surface area (Å²) in [5.41, 5.74) is 1.26. The number of aromatic nitrogens is 1. The molecule has 1 N–H and O–H groups in total. The van der Waals surface area contributed by atoms with Crippen LogP contribution in [0.15, 0.2) is 42.6 Å². The second-order valence-corrected chi connectivity index (χ2v) is 6.13. The highest BCUT2D eigenvalue weighted by Gasteiger charge is 2.37. The number of nitrogens with one attached hydrogen (secondary N) is 1. The van der Waals surface area contributed by atoms with Crippen LogP contribution in [0.25, 0.3) is 0 Å². The number of likely N-dealkylation sites (tertiary alicyclic amines) is 1. The standard InChI is InChI=1S/C18H18F3N3O/c1-12-4-6-13(7-5-12)11-24-10-8-15(17(24)25)23-16-14(18(19,20)21)3-2-9-22-16/h2-7,9,15H,8,10-11H2,1H3,(H,22,23). The molecule has 3 rings (SSSR count). The highest BCUT2D eigenvalue weighted by atomic mass is 19.4. The Morgan fingerprint density at radius 3 is 2.64 bits per heavy atom. The second kappa shape index (κ2) is 6.74. The normalized spacial score (nSPS) is 17.8. The van der Waals surface area contributed by atoms with Crippen molar-refractivity contribution in [3.63, 3.8) is 0 Å². The minimum atomic E-state index is -4.51. The lowest BCUT2D eigenvalue weighted by Gasteiger charge is -2.19. The smallest absolute Gasteiger partial charge is 0.358 e. The van der Waals surface area contributed by atoms with Crippen LogP contribution >= 0.6 is 0 Å². The zero-order chi connectivity index (χ0) is 18.0. The van der Waals surface area contributed by atoms with Gasteiger partial charge in [0.05, 0.1) is 5.56 Å². The number of anilines is 1. The SMILES string of the molecule is Cc1ccc(CN2CCC(Nc3ncccc3C(F)(F)F)C2=O)cc1. The Balaban J connectivity index is 1.70. The summed E-state index contributed by atoms with van der Waals surface area (Å²) in [5, 5.41) is 2.67. The van der Waals surface area contributed by atoms with Gasteiger partial charge in [-0.3, -0.25) is 4.79 Å². The molecule has 1 saturated heterocycles. The van der Waals surface area contributed by atoms with E-state index >= 15 is 0 Å². The monoisotopic (exact) mass is 349 g/mol. The summed E-state index contributed by atoms with van der Waals surface area (Å²) in [6, 6.07) is 9.33. The molecule has 2 heterocycles. The van der Waals surface area contributed by atoms with E-state index in [9.17, 15) is 18.0 Å². The first kappa shape index (κ1) is 17.3. The van der Waals surface area contributed by atoms with Crippen LogP contribution in [-0.2, 0) is 17.5 Å². The molecule has 1 aliphatic heterocycles. The minimum absolute atomic E-state index is 0.209. The average molecular weight is 349 g/mol. The molecular weight excluding hydrogens is 331 g/mol. The number of carbonyl (C=O) groups excluding carboxylic acids is 1. The van der Waals surface area contributed by atoms with Gasteiger partial charge in [-0.15, -0.1) is 0 Å². The highest BCUT2D eigenvalue weighted by molar-refractivity contribution is 5.86. The van der Waals surface area contributed by atoms with Gasteiger partial charge in [0, 0.05) is 19.3 Å². The molecule has 1 aliphatic rings. The molecule has 1 aromatic carbocycles. The van der Waals surface area contributed by atoms with Gasteiger partial charge in [0.15, 0.2) is 0 Å². The lowest BCUT2D eigenvalue weighted by molar-refractivity contribution is -0.137. The molecule has 0 saturated carbocycles. The van der Waals surface area contributed by atoms with Gasteiger partial charge in [-0.1, -0.05) is 29.8 Å². The first-order valence-electron chi connectivity index (χ1n) is 7.97. The van der Waals surface area contributed by atoms with E-state index in [0.29, 0.717) is 19.5 Å². The van der Waals surface area contributed by atoms with Crippen LogP contribution < -0.4 is 5.32 Å². The van der Waals surface area contributed by atoms with Crippen molar-refractivity contribution in [1.82, 2.24) is 9.88 Å². The Kier molecular flexibility index (Phi) is 4.65. The van der Waals surface area contributed by atoms with Crippen molar-refractivity contribution in [1.29, 1.82) is 0 Å². The Hall–Kier alpha value is -2.57. The fourth-order valence-corrected chi connectivity index (χ4v) is 2.86. The van der Waals surface area contributed by atoms with Gasteiger partial charge in [0.2, 0.25) is 5.91 Å². The van der Waals surface area contributed by atoms with Crippen molar-refractivity contribution in [2.75, 3.05) is 11.9 Å². The van der Waals surface area contributed by atoms with E-state index in [4.69, 9.17) is 0 Å². The van der Waals surface area contributed by atoms with Gasteiger partial charge < -0.3 is 10.2 Å². The molecule has 1 amide bonds. The van der Waals surface area contributed by atoms with E-state index in [1.165, 1.54) is 12.3 Å². The summed E-state index contributed by atoms with van der Waals surface area (Å²) in [4.78, 5) is 17.9. The number of carbonyl (C=O) groups is 1. The Morgan fingerprint density at radius 2 is 1.96 bits per heavy atom. The van der Waals surface area contributed by atoms with Crippen molar-refractivity contribution in [2.45, 2.75) is 32.1 Å². The first-order chi connectivity index (χ1) is 11.8. The first-order valence-corrected chi connectivity index (χ1v) is 7.97. The maximum Gasteiger partial charge on any atom is 0.419 e. The lowest BCUT2D eigenvalue weighted by atomic mass is 10.1. The van der Waals surface area contributed by atoms with E-state index < -0.39 is 17.8 Å². The fraction of sp³-hybridized carbons (Fsp3) is 0.333. The number of pyridine rings is 1. The Bertz CT molecular complexity index is 759. The van der Waals surface area contributed by atoms with Gasteiger partial charge >= 0.3 is 6.18 Å². The van der Waals surface area contributed by atoms with E-state index in [1.54, 1.807) is 4.90 Å². The van der Waals surface area contributed by atoms with Crippen LogP contribution in [0.5, 0.6) is 0 Å². The van der Waals surface area contributed by atoms with Crippen molar-refractivity contribution in [2.24, 2.45) is 0 Å². The van der Waals surface area contributed by atoms with Crippen molar-refractivity contribution in [3.8, 4) is 0 Å². The summed E-state index contributed by atoms with van der Waals surface area (Å²) in [6.45, 7) is 2.93. The van der Waals surface area contributed by atoms with Crippen LogP contribution in [-0.4, -0.2) is 28.4 Å². The van der Waals surface area contributed by atoms with Gasteiger partial charge in [-0.05, 0) is 31.0 Å². The fourth-order valence-electron chi connectivity index (χ4n) is 2.86. The number of rotatable bonds is 4. The van der Waals surface area contributed by atoms with E-state index in [-0.39, 0.29) is 11.7 Å². The molecule has 25 heavy (non-hydrogen) atoms. The summed E-state index contributed by atoms with van der Waals surface area (Å²) < 4.78 is 39.1. The maximum absolute atomic E-state index is 13.0. The van der Waals surface area contributed by atoms with Crippen LogP contribution in [0.2, 0.25) is 0 Å². The Labute approximate surface area is 143 Å². The number of benzene rings is 1. The van der Waals surface area contributed by atoms with Crippen molar-refractivity contribution >= 4 is 11.7 Å². The molecule has 1 atom stereocenters. The molecule has 132 valence electrons. The summed E-state index contributed by atoms with van der Waals surface area (Å²) in [5.74, 6) is -0.509. The maximum atomic E-state index is 13.0. The second-order valence-electron chi connectivity index (χ2n) is 6.13. The lowest BCUT2D eigenvalue weighted by Crippen LogP contribution is -2.34. The van der Waals surface area contributed by atoms with E-state index in [0.717, 1.165) is 17.2 Å². The summed E-state index contributed by atoms with van der Waals surface area (Å²) in [6.07, 6.45) is -2.79. The predicted molar refractivity (Wildman–Crippen MR) is 87.9 cm³/mol. The number of hydrogen-bond acceptors (Lipinski definition) is 3. The number of alkyl halides is 3. The third kappa shape index (κ3) is 3.92. The highest BCUT2D eigenvalue weighted by Crippen LogP contribution is 2.34. The minimum Gasteiger partial charge on any atom is -0.358 e. The quantitative estimate of drug-likeness (QED) is 0.917. The topological polar surface area (TPSA) is 45.2 Å². The van der Waals surface area contributed by atoms with Crippen molar-refractivity contribution in [3.05, 3.63) is 59.3 Å². The van der Waals surface area contributed by atoms with Gasteiger partial charge in [-0.2, -0.15) is 13.2 Å². The molecule has 1 unspecified atom stereocenters. The molecule has 0 radical (unpaired) electrons. The van der Waals surface area contributed by atoms with Gasteiger partial charge in [-0.25, -0.2) is 4.98 Å². The molecular formula is C18H18F3N3O. The summed E-state index contributed by atoms with van der Waals surface area (Å²) in [7, 11) is 0. The molecule has 1 fully saturated rings. The molecule has 0 spiro atoms. The van der Waals surface area contributed by atoms with Gasteiger partial charge in [0.1, 0.15) is 11.9 Å². The molecule has 0 aliphatic carbocycles. The molecule has 2 aromatic rings. The zero-order valence-corrected chi connectivity index (χ0v) is 13.7. The average Bonchev–Trinajstić information content (AvgIpc) is 2.90. The van der Waals surface area contributed by atoms with Gasteiger partial charge in [0.25, 0.3) is 0 Å². The zero-order valence-electron chi connectivity index (χ0n) is 13.7. The third-order valence-corrected chi connectivity index (χ3v) is 4.22. The van der Waals surface area contributed by atoms with Crippen LogP contribution in [0.4, 0.5) is 19.0 Å². The largest absolute Gasteiger partial charge is 0.419 e. The predicted octanol–water partition coefficient (Wildman–Crippen LogP) is 3.62. The van der Waals surface area contributed by atoms with E-state index in [1.807, 2.05) is 31.2 Å². The number of amides is 1. The number of halogens is 3. The Morgan fingerprint density at radius 1 is 1.24 bits per heavy atom. The van der Waals surface area contributed by atoms with E-state index in [2.05, 4.69) is 10.3 Å². The van der Waals surface area contributed by atoms with Crippen LogP contribution in [0, 0.1) is 6.92 Å².